The Hall–Kier alpha value is -3.57. The van der Waals surface area contributed by atoms with Gasteiger partial charge in [0.1, 0.15) is 30.3 Å². The molecule has 1 aromatic heterocycles. The molecule has 4 N–H and O–H groups in total. The quantitative estimate of drug-likeness (QED) is 0.387. The molecule has 1 heterocycles. The lowest BCUT2D eigenvalue weighted by molar-refractivity contribution is 0.102. The van der Waals surface area contributed by atoms with Crippen molar-refractivity contribution in [2.24, 2.45) is 0 Å². The topological polar surface area (TPSA) is 114 Å². The Morgan fingerprint density at radius 1 is 1.28 bits per heavy atom. The van der Waals surface area contributed by atoms with Crippen molar-refractivity contribution < 1.29 is 23.3 Å². The average molecular weight is 495 g/mol. The van der Waals surface area contributed by atoms with Gasteiger partial charge in [-0.3, -0.25) is 4.79 Å². The summed E-state index contributed by atoms with van der Waals surface area (Å²) >= 11 is 0. The Morgan fingerprint density at radius 2 is 2.03 bits per heavy atom. The summed E-state index contributed by atoms with van der Waals surface area (Å²) in [4.78, 5) is 22.7. The smallest absolute Gasteiger partial charge is 0.376 e. The number of likely N-dealkylation sites (N-methyl/N-ethyl adjacent to an activating group) is 1. The van der Waals surface area contributed by atoms with Gasteiger partial charge in [0.05, 0.1) is 5.56 Å². The van der Waals surface area contributed by atoms with E-state index < -0.39 is 24.6 Å². The SMILES string of the molecule is CB(O)N(C)CCOc1c(N)ncnc1-c1cc(F)cc(NC(=O)c2ccc(C3CC3)cc2F)c1C. The fourth-order valence-electron chi connectivity index (χ4n) is 3.83. The van der Waals surface area contributed by atoms with Gasteiger partial charge in [-0.2, -0.15) is 0 Å². The zero-order valence-electron chi connectivity index (χ0n) is 20.4. The standard InChI is InChI=1S/C25H28BF2N5O3/c1-14-19(22-23(24(29)31-13-30-22)36-9-8-33(3)26(2)35)11-17(27)12-21(14)32-25(34)18-7-6-16(10-20(18)28)15-4-5-15/h6-7,10-13,15,35H,4-5,8-9H2,1-3H3,(H,32,34)(H2,29,30,31). The Kier molecular flexibility index (Phi) is 7.51. The zero-order valence-corrected chi connectivity index (χ0v) is 20.4. The molecule has 0 atom stereocenters. The number of ether oxygens (including phenoxy) is 1. The third-order valence-corrected chi connectivity index (χ3v) is 6.32. The molecule has 11 heteroatoms. The van der Waals surface area contributed by atoms with Crippen molar-refractivity contribution in [3.8, 4) is 17.0 Å². The van der Waals surface area contributed by atoms with Gasteiger partial charge in [0.25, 0.3) is 5.91 Å². The van der Waals surface area contributed by atoms with E-state index in [-0.39, 0.29) is 35.1 Å². The van der Waals surface area contributed by atoms with Crippen LogP contribution < -0.4 is 15.8 Å². The Labute approximate surface area is 208 Å². The molecule has 0 radical (unpaired) electrons. The summed E-state index contributed by atoms with van der Waals surface area (Å²) in [6, 6.07) is 7.01. The van der Waals surface area contributed by atoms with Crippen molar-refractivity contribution in [2.45, 2.75) is 32.5 Å². The van der Waals surface area contributed by atoms with E-state index in [0.29, 0.717) is 23.6 Å². The van der Waals surface area contributed by atoms with E-state index in [1.807, 2.05) is 0 Å². The molecule has 1 saturated carbocycles. The summed E-state index contributed by atoms with van der Waals surface area (Å²) < 4.78 is 35.1. The predicted molar refractivity (Wildman–Crippen MR) is 135 cm³/mol. The molecule has 0 aliphatic heterocycles. The van der Waals surface area contributed by atoms with E-state index in [2.05, 4.69) is 15.3 Å². The second kappa shape index (κ2) is 10.6. The Bertz CT molecular complexity index is 1290. The third-order valence-electron chi connectivity index (χ3n) is 6.32. The van der Waals surface area contributed by atoms with Crippen LogP contribution >= 0.6 is 0 Å². The molecular weight excluding hydrogens is 467 g/mol. The number of nitrogen functional groups attached to an aromatic ring is 1. The number of benzene rings is 2. The molecule has 4 rings (SSSR count). The van der Waals surface area contributed by atoms with Gasteiger partial charge in [-0.25, -0.2) is 18.7 Å². The number of anilines is 2. The minimum atomic E-state index is -0.686. The van der Waals surface area contributed by atoms with Gasteiger partial charge in [0.2, 0.25) is 0 Å². The van der Waals surface area contributed by atoms with Crippen LogP contribution in [0.5, 0.6) is 5.75 Å². The van der Waals surface area contributed by atoms with Crippen molar-refractivity contribution in [1.82, 2.24) is 14.8 Å². The van der Waals surface area contributed by atoms with Crippen LogP contribution in [0.25, 0.3) is 11.3 Å². The molecule has 0 unspecified atom stereocenters. The largest absolute Gasteiger partial charge is 0.486 e. The maximum Gasteiger partial charge on any atom is 0.376 e. The number of nitrogens with zero attached hydrogens (tertiary/aromatic N) is 3. The van der Waals surface area contributed by atoms with Gasteiger partial charge in [0, 0.05) is 17.8 Å². The van der Waals surface area contributed by atoms with Crippen LogP contribution in [0.4, 0.5) is 20.3 Å². The molecule has 36 heavy (non-hydrogen) atoms. The van der Waals surface area contributed by atoms with Crippen molar-refractivity contribution in [3.63, 3.8) is 0 Å². The second-order valence-electron chi connectivity index (χ2n) is 8.99. The number of hydrogen-bond acceptors (Lipinski definition) is 7. The summed E-state index contributed by atoms with van der Waals surface area (Å²) in [5, 5.41) is 12.3. The van der Waals surface area contributed by atoms with Gasteiger partial charge >= 0.3 is 7.05 Å². The van der Waals surface area contributed by atoms with Crippen LogP contribution in [0, 0.1) is 18.6 Å². The zero-order chi connectivity index (χ0) is 26.0. The molecule has 1 fully saturated rings. The van der Waals surface area contributed by atoms with Crippen LogP contribution in [-0.2, 0) is 0 Å². The fraction of sp³-hybridized carbons (Fsp3) is 0.320. The van der Waals surface area contributed by atoms with Crippen molar-refractivity contribution in [2.75, 3.05) is 31.2 Å². The number of halogens is 2. The lowest BCUT2D eigenvalue weighted by Crippen LogP contribution is -2.36. The summed E-state index contributed by atoms with van der Waals surface area (Å²) in [6.45, 7) is 3.87. The van der Waals surface area contributed by atoms with Crippen molar-refractivity contribution in [3.05, 3.63) is 65.0 Å². The molecule has 0 bridgehead atoms. The summed E-state index contributed by atoms with van der Waals surface area (Å²) in [5.41, 5.74) is 8.02. The number of carbonyl (C=O) groups excluding carboxylic acids is 1. The number of amides is 1. The van der Waals surface area contributed by atoms with Crippen LogP contribution in [0.15, 0.2) is 36.7 Å². The van der Waals surface area contributed by atoms with E-state index in [0.717, 1.165) is 24.5 Å². The molecule has 8 nitrogen and oxygen atoms in total. The van der Waals surface area contributed by atoms with Gasteiger partial charge < -0.3 is 25.6 Å². The first-order valence-corrected chi connectivity index (χ1v) is 11.7. The lowest BCUT2D eigenvalue weighted by atomic mass is 9.86. The van der Waals surface area contributed by atoms with E-state index in [1.54, 1.807) is 31.7 Å². The second-order valence-corrected chi connectivity index (χ2v) is 8.99. The summed E-state index contributed by atoms with van der Waals surface area (Å²) in [5.74, 6) is -1.36. The summed E-state index contributed by atoms with van der Waals surface area (Å²) in [6.07, 6.45) is 3.28. The van der Waals surface area contributed by atoms with E-state index in [1.165, 1.54) is 24.5 Å². The Morgan fingerprint density at radius 3 is 2.69 bits per heavy atom. The van der Waals surface area contributed by atoms with Gasteiger partial charge in [-0.1, -0.05) is 6.07 Å². The average Bonchev–Trinajstić information content (AvgIpc) is 3.67. The van der Waals surface area contributed by atoms with Crippen LogP contribution in [0.3, 0.4) is 0 Å². The number of carbonyl (C=O) groups is 1. The number of nitrogens with one attached hydrogen (secondary N) is 1. The molecule has 2 aromatic carbocycles. The van der Waals surface area contributed by atoms with Gasteiger partial charge in [0.15, 0.2) is 11.6 Å². The van der Waals surface area contributed by atoms with E-state index >= 15 is 0 Å². The first kappa shape index (κ1) is 25.5. The van der Waals surface area contributed by atoms with Gasteiger partial charge in [-0.05, 0) is 74.9 Å². The fourth-order valence-corrected chi connectivity index (χ4v) is 3.83. The van der Waals surface area contributed by atoms with Gasteiger partial charge in [-0.15, -0.1) is 0 Å². The molecular formula is C25H28BF2N5O3. The number of hydrogen-bond donors (Lipinski definition) is 3. The minimum Gasteiger partial charge on any atom is -0.486 e. The Balaban J connectivity index is 1.61. The van der Waals surface area contributed by atoms with E-state index in [4.69, 9.17) is 10.5 Å². The number of rotatable bonds is 9. The number of nitrogens with two attached hydrogens (primary N) is 1. The van der Waals surface area contributed by atoms with Crippen molar-refractivity contribution >= 4 is 24.5 Å². The molecule has 0 spiro atoms. The van der Waals surface area contributed by atoms with E-state index in [9.17, 15) is 18.6 Å². The lowest BCUT2D eigenvalue weighted by Gasteiger charge is -2.19. The predicted octanol–water partition coefficient (Wildman–Crippen LogP) is 3.86. The summed E-state index contributed by atoms with van der Waals surface area (Å²) in [7, 11) is 1.07. The maximum absolute atomic E-state index is 14.7. The molecule has 3 aromatic rings. The van der Waals surface area contributed by atoms with Crippen LogP contribution in [0.2, 0.25) is 6.82 Å². The molecule has 0 saturated heterocycles. The monoisotopic (exact) mass is 495 g/mol. The molecule has 1 aliphatic carbocycles. The maximum atomic E-state index is 14.7. The number of aromatic nitrogens is 2. The van der Waals surface area contributed by atoms with Crippen LogP contribution in [-0.4, -0.2) is 53.0 Å². The highest BCUT2D eigenvalue weighted by Crippen LogP contribution is 2.40. The normalized spacial score (nSPS) is 13.1. The molecule has 1 aliphatic rings. The van der Waals surface area contributed by atoms with Crippen molar-refractivity contribution in [1.29, 1.82) is 0 Å². The highest BCUT2D eigenvalue weighted by Gasteiger charge is 2.25. The van der Waals surface area contributed by atoms with Crippen LogP contribution in [0.1, 0.15) is 40.2 Å². The highest BCUT2D eigenvalue weighted by molar-refractivity contribution is 6.45. The first-order valence-electron chi connectivity index (χ1n) is 11.7. The minimum absolute atomic E-state index is 0.0618. The highest BCUT2D eigenvalue weighted by atomic mass is 19.1. The molecule has 188 valence electrons. The molecule has 1 amide bonds. The first-order chi connectivity index (χ1) is 17.2. The third kappa shape index (κ3) is 5.63.